The second-order valence-corrected chi connectivity index (χ2v) is 4.31. The predicted octanol–water partition coefficient (Wildman–Crippen LogP) is 1.86. The van der Waals surface area contributed by atoms with E-state index in [0.717, 1.165) is 24.2 Å². The molecule has 0 saturated heterocycles. The molecule has 0 heterocycles. The minimum absolute atomic E-state index is 0.283. The monoisotopic (exact) mass is 251 g/mol. The molecular formula is C14H21NO3. The normalized spacial score (nSPS) is 10.7. The topological polar surface area (TPSA) is 38.8 Å². The van der Waals surface area contributed by atoms with Gasteiger partial charge >= 0.3 is 5.97 Å². The van der Waals surface area contributed by atoms with E-state index in [4.69, 9.17) is 9.47 Å². The first kappa shape index (κ1) is 14.7. The van der Waals surface area contributed by atoms with Crippen molar-refractivity contribution in [1.29, 1.82) is 0 Å². The fourth-order valence-electron chi connectivity index (χ4n) is 1.80. The Bertz CT molecular complexity index is 404. The van der Waals surface area contributed by atoms with Gasteiger partial charge in [-0.3, -0.25) is 4.90 Å². The smallest absolute Gasteiger partial charge is 0.338 e. The molecule has 0 spiro atoms. The fourth-order valence-corrected chi connectivity index (χ4v) is 1.80. The van der Waals surface area contributed by atoms with E-state index < -0.39 is 0 Å². The lowest BCUT2D eigenvalue weighted by atomic mass is 10.0. The van der Waals surface area contributed by atoms with Crippen LogP contribution in [0, 0.1) is 6.92 Å². The third kappa shape index (κ3) is 3.82. The Balaban J connectivity index is 2.80. The minimum Gasteiger partial charge on any atom is -0.465 e. The summed E-state index contributed by atoms with van der Waals surface area (Å²) in [6.45, 7) is 4.30. The number of hydrogen-bond donors (Lipinski definition) is 0. The average Bonchev–Trinajstić information content (AvgIpc) is 2.38. The van der Waals surface area contributed by atoms with Gasteiger partial charge in [0, 0.05) is 20.2 Å². The predicted molar refractivity (Wildman–Crippen MR) is 70.7 cm³/mol. The number of ether oxygens (including phenoxy) is 2. The average molecular weight is 251 g/mol. The van der Waals surface area contributed by atoms with Crippen LogP contribution in [0.5, 0.6) is 0 Å². The van der Waals surface area contributed by atoms with Crippen LogP contribution >= 0.6 is 0 Å². The molecule has 0 aliphatic rings. The van der Waals surface area contributed by atoms with E-state index in [1.54, 1.807) is 13.2 Å². The molecule has 0 fully saturated rings. The number of carbonyl (C=O) groups excluding carboxylic acids is 1. The molecule has 0 saturated carbocycles. The first-order valence-corrected chi connectivity index (χ1v) is 5.94. The quantitative estimate of drug-likeness (QED) is 0.723. The van der Waals surface area contributed by atoms with Gasteiger partial charge in [-0.25, -0.2) is 4.79 Å². The van der Waals surface area contributed by atoms with Crippen LogP contribution in [0.4, 0.5) is 0 Å². The third-order valence-electron chi connectivity index (χ3n) is 2.97. The van der Waals surface area contributed by atoms with Gasteiger partial charge in [0.2, 0.25) is 0 Å². The summed E-state index contributed by atoms with van der Waals surface area (Å²) in [7, 11) is 5.12. The second-order valence-electron chi connectivity index (χ2n) is 4.31. The summed E-state index contributed by atoms with van der Waals surface area (Å²) in [6.07, 6.45) is 0. The van der Waals surface area contributed by atoms with Crippen LogP contribution in [-0.4, -0.2) is 45.3 Å². The SMILES string of the molecule is COCCN(C)Cc1cccc(C(=O)OC)c1C. The van der Waals surface area contributed by atoms with E-state index in [0.29, 0.717) is 12.2 Å². The number of rotatable bonds is 6. The maximum absolute atomic E-state index is 11.6. The van der Waals surface area contributed by atoms with Crippen molar-refractivity contribution < 1.29 is 14.3 Å². The van der Waals surface area contributed by atoms with Crippen LogP contribution in [0.3, 0.4) is 0 Å². The Kier molecular flexibility index (Phi) is 5.82. The molecule has 0 unspecified atom stereocenters. The first-order valence-electron chi connectivity index (χ1n) is 5.94. The number of nitrogens with zero attached hydrogens (tertiary/aromatic N) is 1. The molecule has 0 N–H and O–H groups in total. The lowest BCUT2D eigenvalue weighted by molar-refractivity contribution is 0.0599. The van der Waals surface area contributed by atoms with Gasteiger partial charge in [-0.05, 0) is 31.2 Å². The highest BCUT2D eigenvalue weighted by atomic mass is 16.5. The maximum Gasteiger partial charge on any atom is 0.338 e. The molecule has 100 valence electrons. The zero-order valence-corrected chi connectivity index (χ0v) is 11.5. The van der Waals surface area contributed by atoms with Crippen LogP contribution in [0.15, 0.2) is 18.2 Å². The number of esters is 1. The minimum atomic E-state index is -0.283. The Hall–Kier alpha value is -1.39. The molecule has 0 radical (unpaired) electrons. The summed E-state index contributed by atoms with van der Waals surface area (Å²) in [5.41, 5.74) is 2.75. The van der Waals surface area contributed by atoms with E-state index in [9.17, 15) is 4.79 Å². The lowest BCUT2D eigenvalue weighted by Gasteiger charge is -2.18. The zero-order valence-electron chi connectivity index (χ0n) is 11.5. The molecule has 18 heavy (non-hydrogen) atoms. The largest absolute Gasteiger partial charge is 0.465 e. The van der Waals surface area contributed by atoms with Crippen LogP contribution in [-0.2, 0) is 16.0 Å². The molecule has 1 aromatic rings. The van der Waals surface area contributed by atoms with E-state index in [1.165, 1.54) is 7.11 Å². The molecule has 0 amide bonds. The summed E-state index contributed by atoms with van der Waals surface area (Å²) in [4.78, 5) is 13.7. The maximum atomic E-state index is 11.6. The number of likely N-dealkylation sites (N-methyl/N-ethyl adjacent to an activating group) is 1. The summed E-state index contributed by atoms with van der Waals surface area (Å²) in [5, 5.41) is 0. The van der Waals surface area contributed by atoms with Gasteiger partial charge in [-0.1, -0.05) is 12.1 Å². The highest BCUT2D eigenvalue weighted by molar-refractivity contribution is 5.91. The standard InChI is InChI=1S/C14H21NO3/c1-11-12(10-15(2)8-9-17-3)6-5-7-13(11)14(16)18-4/h5-7H,8-10H2,1-4H3. The van der Waals surface area contributed by atoms with Crippen LogP contribution < -0.4 is 0 Å². The molecular weight excluding hydrogens is 230 g/mol. The highest BCUT2D eigenvalue weighted by Gasteiger charge is 2.12. The van der Waals surface area contributed by atoms with Gasteiger partial charge in [-0.15, -0.1) is 0 Å². The van der Waals surface area contributed by atoms with Crippen molar-refractivity contribution in [2.45, 2.75) is 13.5 Å². The molecule has 0 aliphatic heterocycles. The van der Waals surface area contributed by atoms with Crippen LogP contribution in [0.1, 0.15) is 21.5 Å². The van der Waals surface area contributed by atoms with Gasteiger partial charge in [0.05, 0.1) is 19.3 Å². The Morgan fingerprint density at radius 1 is 1.33 bits per heavy atom. The van der Waals surface area contributed by atoms with Crippen molar-refractivity contribution in [3.05, 3.63) is 34.9 Å². The van der Waals surface area contributed by atoms with Crippen molar-refractivity contribution in [3.63, 3.8) is 0 Å². The molecule has 0 bridgehead atoms. The van der Waals surface area contributed by atoms with E-state index in [-0.39, 0.29) is 5.97 Å². The van der Waals surface area contributed by atoms with Gasteiger partial charge in [0.15, 0.2) is 0 Å². The molecule has 0 atom stereocenters. The summed E-state index contributed by atoms with van der Waals surface area (Å²) in [5.74, 6) is -0.283. The van der Waals surface area contributed by atoms with Gasteiger partial charge in [-0.2, -0.15) is 0 Å². The van der Waals surface area contributed by atoms with Crippen LogP contribution in [0.2, 0.25) is 0 Å². The van der Waals surface area contributed by atoms with E-state index >= 15 is 0 Å². The van der Waals surface area contributed by atoms with Crippen molar-refractivity contribution in [3.8, 4) is 0 Å². The zero-order chi connectivity index (χ0) is 13.5. The Labute approximate surface area is 108 Å². The molecule has 0 aromatic heterocycles. The van der Waals surface area contributed by atoms with Crippen molar-refractivity contribution >= 4 is 5.97 Å². The summed E-state index contributed by atoms with van der Waals surface area (Å²) >= 11 is 0. The summed E-state index contributed by atoms with van der Waals surface area (Å²) < 4.78 is 9.81. The van der Waals surface area contributed by atoms with E-state index in [1.807, 2.05) is 26.1 Å². The highest BCUT2D eigenvalue weighted by Crippen LogP contribution is 2.16. The van der Waals surface area contributed by atoms with Crippen molar-refractivity contribution in [2.24, 2.45) is 0 Å². The molecule has 1 aromatic carbocycles. The Morgan fingerprint density at radius 2 is 2.06 bits per heavy atom. The second kappa shape index (κ2) is 7.13. The van der Waals surface area contributed by atoms with Gasteiger partial charge in [0.1, 0.15) is 0 Å². The van der Waals surface area contributed by atoms with Crippen LogP contribution in [0.25, 0.3) is 0 Å². The molecule has 0 aliphatic carbocycles. The lowest BCUT2D eigenvalue weighted by Crippen LogP contribution is -2.23. The number of carbonyl (C=O) groups is 1. The fraction of sp³-hybridized carbons (Fsp3) is 0.500. The number of methoxy groups -OCH3 is 2. The molecule has 4 heteroatoms. The number of hydrogen-bond acceptors (Lipinski definition) is 4. The third-order valence-corrected chi connectivity index (χ3v) is 2.97. The number of benzene rings is 1. The van der Waals surface area contributed by atoms with Crippen molar-refractivity contribution in [2.75, 3.05) is 34.4 Å². The van der Waals surface area contributed by atoms with Gasteiger partial charge in [0.25, 0.3) is 0 Å². The van der Waals surface area contributed by atoms with E-state index in [2.05, 4.69) is 4.90 Å². The Morgan fingerprint density at radius 3 is 2.67 bits per heavy atom. The first-order chi connectivity index (χ1) is 8.60. The molecule has 4 nitrogen and oxygen atoms in total. The van der Waals surface area contributed by atoms with Gasteiger partial charge < -0.3 is 9.47 Å². The summed E-state index contributed by atoms with van der Waals surface area (Å²) in [6, 6.07) is 5.71. The van der Waals surface area contributed by atoms with Crippen molar-refractivity contribution in [1.82, 2.24) is 4.90 Å². The molecule has 1 rings (SSSR count).